The number of ether oxygens (including phenoxy) is 2. The zero-order valence-electron chi connectivity index (χ0n) is 10.3. The quantitative estimate of drug-likeness (QED) is 0.742. The second-order valence-electron chi connectivity index (χ2n) is 4.09. The molecule has 4 heteroatoms. The fraction of sp³-hybridized carbons (Fsp3) is 0.462. The molecule has 1 aromatic carbocycles. The van der Waals surface area contributed by atoms with E-state index in [1.54, 1.807) is 18.2 Å². The van der Waals surface area contributed by atoms with Gasteiger partial charge in [0.15, 0.2) is 6.10 Å². The molecule has 0 heterocycles. The van der Waals surface area contributed by atoms with Crippen molar-refractivity contribution in [2.45, 2.75) is 26.6 Å². The number of carbonyl (C=O) groups is 1. The third-order valence-electron chi connectivity index (χ3n) is 2.42. The molecule has 0 bridgehead atoms. The van der Waals surface area contributed by atoms with Crippen LogP contribution >= 0.6 is 0 Å². The Morgan fingerprint density at radius 2 is 2.00 bits per heavy atom. The number of hydrogen-bond acceptors (Lipinski definition) is 3. The molecule has 1 rings (SSSR count). The minimum Gasteiger partial charge on any atom is -0.467 e. The Morgan fingerprint density at radius 3 is 2.53 bits per heavy atom. The Kier molecular flexibility index (Phi) is 5.10. The van der Waals surface area contributed by atoms with Crippen LogP contribution in [-0.4, -0.2) is 19.2 Å². The van der Waals surface area contributed by atoms with Crippen molar-refractivity contribution in [3.05, 3.63) is 35.6 Å². The van der Waals surface area contributed by atoms with Crippen LogP contribution in [0.4, 0.5) is 4.39 Å². The van der Waals surface area contributed by atoms with Crippen LogP contribution in [0.5, 0.6) is 0 Å². The minimum absolute atomic E-state index is 0.0192. The predicted molar refractivity (Wildman–Crippen MR) is 61.8 cm³/mol. The number of hydrogen-bond donors (Lipinski definition) is 0. The first-order chi connectivity index (χ1) is 8.06. The van der Waals surface area contributed by atoms with Gasteiger partial charge < -0.3 is 9.47 Å². The summed E-state index contributed by atoms with van der Waals surface area (Å²) >= 11 is 0. The first-order valence-electron chi connectivity index (χ1n) is 5.49. The van der Waals surface area contributed by atoms with E-state index in [0.717, 1.165) is 0 Å². The van der Waals surface area contributed by atoms with E-state index in [9.17, 15) is 9.18 Å². The highest BCUT2D eigenvalue weighted by Gasteiger charge is 2.23. The van der Waals surface area contributed by atoms with E-state index in [1.165, 1.54) is 13.2 Å². The second-order valence-corrected chi connectivity index (χ2v) is 4.09. The van der Waals surface area contributed by atoms with E-state index < -0.39 is 12.1 Å². The summed E-state index contributed by atoms with van der Waals surface area (Å²) in [7, 11) is 1.31. The van der Waals surface area contributed by atoms with Crippen molar-refractivity contribution in [2.24, 2.45) is 5.92 Å². The van der Waals surface area contributed by atoms with E-state index in [2.05, 4.69) is 4.74 Å². The summed E-state index contributed by atoms with van der Waals surface area (Å²) in [6.45, 7) is 3.76. The lowest BCUT2D eigenvalue weighted by molar-refractivity contribution is -0.158. The molecule has 0 amide bonds. The normalized spacial score (nSPS) is 12.5. The maximum Gasteiger partial charge on any atom is 0.335 e. The van der Waals surface area contributed by atoms with Gasteiger partial charge in [0.05, 0.1) is 13.7 Å². The monoisotopic (exact) mass is 240 g/mol. The highest BCUT2D eigenvalue weighted by atomic mass is 19.1. The van der Waals surface area contributed by atoms with Crippen molar-refractivity contribution in [3.8, 4) is 0 Å². The summed E-state index contributed by atoms with van der Waals surface area (Å²) in [5.41, 5.74) is 0.432. The first kappa shape index (κ1) is 13.6. The number of halogens is 1. The molecule has 0 saturated carbocycles. The smallest absolute Gasteiger partial charge is 0.335 e. The van der Waals surface area contributed by atoms with Crippen LogP contribution in [0.1, 0.15) is 19.4 Å². The lowest BCUT2D eigenvalue weighted by Crippen LogP contribution is -2.30. The molecule has 1 atom stereocenters. The Labute approximate surface area is 101 Å². The molecule has 0 saturated heterocycles. The lowest BCUT2D eigenvalue weighted by atomic mass is 10.1. The predicted octanol–water partition coefficient (Wildman–Crippen LogP) is 2.54. The Balaban J connectivity index is 2.64. The van der Waals surface area contributed by atoms with Crippen LogP contribution in [-0.2, 0) is 20.9 Å². The molecule has 0 radical (unpaired) electrons. The summed E-state index contributed by atoms with van der Waals surface area (Å²) in [4.78, 5) is 11.4. The van der Waals surface area contributed by atoms with Crippen LogP contribution in [0.2, 0.25) is 0 Å². The summed E-state index contributed by atoms with van der Waals surface area (Å²) in [5.74, 6) is -0.787. The van der Waals surface area contributed by atoms with Crippen molar-refractivity contribution < 1.29 is 18.7 Å². The molecule has 17 heavy (non-hydrogen) atoms. The number of rotatable bonds is 5. The number of benzene rings is 1. The van der Waals surface area contributed by atoms with Crippen molar-refractivity contribution in [1.29, 1.82) is 0 Å². The Morgan fingerprint density at radius 1 is 1.35 bits per heavy atom. The van der Waals surface area contributed by atoms with Crippen LogP contribution < -0.4 is 0 Å². The third-order valence-corrected chi connectivity index (χ3v) is 2.42. The van der Waals surface area contributed by atoms with E-state index in [4.69, 9.17) is 4.74 Å². The fourth-order valence-electron chi connectivity index (χ4n) is 1.44. The van der Waals surface area contributed by atoms with Crippen molar-refractivity contribution >= 4 is 5.97 Å². The second kappa shape index (κ2) is 6.35. The van der Waals surface area contributed by atoms with Gasteiger partial charge in [0.25, 0.3) is 0 Å². The van der Waals surface area contributed by atoms with Gasteiger partial charge in [-0.25, -0.2) is 9.18 Å². The van der Waals surface area contributed by atoms with Gasteiger partial charge in [-0.2, -0.15) is 0 Å². The summed E-state index contributed by atoms with van der Waals surface area (Å²) < 4.78 is 23.4. The van der Waals surface area contributed by atoms with Gasteiger partial charge in [-0.05, 0) is 12.0 Å². The Hall–Kier alpha value is -1.42. The highest BCUT2D eigenvalue weighted by molar-refractivity contribution is 5.74. The van der Waals surface area contributed by atoms with Gasteiger partial charge in [0, 0.05) is 5.56 Å². The molecule has 0 fully saturated rings. The van der Waals surface area contributed by atoms with Crippen LogP contribution in [0.25, 0.3) is 0 Å². The van der Waals surface area contributed by atoms with Gasteiger partial charge in [-0.15, -0.1) is 0 Å². The molecule has 94 valence electrons. The van der Waals surface area contributed by atoms with E-state index in [-0.39, 0.29) is 18.3 Å². The number of esters is 1. The van der Waals surface area contributed by atoms with Crippen molar-refractivity contribution in [3.63, 3.8) is 0 Å². The molecule has 0 aliphatic carbocycles. The van der Waals surface area contributed by atoms with E-state index >= 15 is 0 Å². The molecule has 0 unspecified atom stereocenters. The fourth-order valence-corrected chi connectivity index (χ4v) is 1.44. The molecular weight excluding hydrogens is 223 g/mol. The molecule has 1 aromatic rings. The molecule has 0 aromatic heterocycles. The van der Waals surface area contributed by atoms with Crippen LogP contribution in [0, 0.1) is 11.7 Å². The maximum atomic E-state index is 13.3. The number of methoxy groups -OCH3 is 1. The molecule has 0 spiro atoms. The van der Waals surface area contributed by atoms with Gasteiger partial charge in [0.2, 0.25) is 0 Å². The topological polar surface area (TPSA) is 35.5 Å². The average Bonchev–Trinajstić information content (AvgIpc) is 2.30. The molecule has 0 aliphatic heterocycles. The molecule has 0 N–H and O–H groups in total. The Bertz CT molecular complexity index is 377. The average molecular weight is 240 g/mol. The van der Waals surface area contributed by atoms with E-state index in [0.29, 0.717) is 5.56 Å². The van der Waals surface area contributed by atoms with Crippen molar-refractivity contribution in [2.75, 3.05) is 7.11 Å². The van der Waals surface area contributed by atoms with Crippen LogP contribution in [0.15, 0.2) is 24.3 Å². The number of carbonyl (C=O) groups excluding carboxylic acids is 1. The van der Waals surface area contributed by atoms with Gasteiger partial charge in [-0.3, -0.25) is 0 Å². The SMILES string of the molecule is COC(=O)[C@@H](OCc1ccccc1F)C(C)C. The molecule has 3 nitrogen and oxygen atoms in total. The first-order valence-corrected chi connectivity index (χ1v) is 5.49. The van der Waals surface area contributed by atoms with Crippen LogP contribution in [0.3, 0.4) is 0 Å². The van der Waals surface area contributed by atoms with E-state index in [1.807, 2.05) is 13.8 Å². The molecular formula is C13H17FO3. The zero-order chi connectivity index (χ0) is 12.8. The summed E-state index contributed by atoms with van der Waals surface area (Å²) in [5, 5.41) is 0. The van der Waals surface area contributed by atoms with Gasteiger partial charge in [0.1, 0.15) is 5.82 Å². The zero-order valence-corrected chi connectivity index (χ0v) is 10.3. The lowest BCUT2D eigenvalue weighted by Gasteiger charge is -2.19. The summed E-state index contributed by atoms with van der Waals surface area (Å²) in [6, 6.07) is 6.33. The standard InChI is InChI=1S/C13H17FO3/c1-9(2)12(13(15)16-3)17-8-10-6-4-5-7-11(10)14/h4-7,9,12H,8H2,1-3H3/t12-/m0/s1. The molecule has 0 aliphatic rings. The van der Waals surface area contributed by atoms with Gasteiger partial charge in [-0.1, -0.05) is 32.0 Å². The highest BCUT2D eigenvalue weighted by Crippen LogP contribution is 2.14. The largest absolute Gasteiger partial charge is 0.467 e. The summed E-state index contributed by atoms with van der Waals surface area (Å²) in [6.07, 6.45) is -0.667. The maximum absolute atomic E-state index is 13.3. The minimum atomic E-state index is -0.667. The van der Waals surface area contributed by atoms with Crippen molar-refractivity contribution in [1.82, 2.24) is 0 Å². The van der Waals surface area contributed by atoms with Gasteiger partial charge >= 0.3 is 5.97 Å². The third kappa shape index (κ3) is 3.82.